The molecule has 0 saturated carbocycles. The quantitative estimate of drug-likeness (QED) is 0.679. The summed E-state index contributed by atoms with van der Waals surface area (Å²) in [7, 11) is 0. The maximum Gasteiger partial charge on any atom is 0.0391 e. The summed E-state index contributed by atoms with van der Waals surface area (Å²) in [5.41, 5.74) is 0.963. The average Bonchev–Trinajstić information content (AvgIpc) is 2.58. The number of rotatable bonds is 1. The van der Waals surface area contributed by atoms with Gasteiger partial charge in [0, 0.05) is 39.0 Å². The van der Waals surface area contributed by atoms with Gasteiger partial charge < -0.3 is 9.55 Å². The van der Waals surface area contributed by atoms with Crippen molar-refractivity contribution in [1.82, 2.24) is 9.55 Å². The van der Waals surface area contributed by atoms with Crippen LogP contribution in [0, 0.1) is 12.4 Å². The minimum absolute atomic E-state index is 0. The smallest absolute Gasteiger partial charge is 0.0391 e. The van der Waals surface area contributed by atoms with Crippen molar-refractivity contribution >= 4 is 0 Å². The Morgan fingerprint density at radius 3 is 2.83 bits per heavy atom. The summed E-state index contributed by atoms with van der Waals surface area (Å²) in [5.74, 6) is 0. The standard InChI is InChI=1S/C9H6N2.Y/c1-2-4-9(5-3-1)11-7-6-10-8-11;/h1-4,6-7H;/q-2;. The van der Waals surface area contributed by atoms with E-state index in [1.807, 2.05) is 30.5 Å². The van der Waals surface area contributed by atoms with Gasteiger partial charge in [-0.1, -0.05) is 12.4 Å². The second-order valence-electron chi connectivity index (χ2n) is 2.15. The number of benzene rings is 1. The molecule has 0 spiro atoms. The maximum atomic E-state index is 3.82. The summed E-state index contributed by atoms with van der Waals surface area (Å²) in [5, 5.41) is 0. The van der Waals surface area contributed by atoms with Gasteiger partial charge in [-0.25, -0.2) is 6.07 Å². The molecule has 1 heterocycles. The summed E-state index contributed by atoms with van der Waals surface area (Å²) >= 11 is 0. The van der Waals surface area contributed by atoms with Crippen LogP contribution >= 0.6 is 0 Å². The molecule has 0 amide bonds. The third-order valence-corrected chi connectivity index (χ3v) is 1.41. The Labute approximate surface area is 96.5 Å². The van der Waals surface area contributed by atoms with Gasteiger partial charge in [-0.3, -0.25) is 0 Å². The Kier molecular flexibility index (Phi) is 3.63. The number of hydrogen-bond donors (Lipinski definition) is 0. The molecule has 0 aliphatic carbocycles. The zero-order chi connectivity index (χ0) is 7.52. The van der Waals surface area contributed by atoms with E-state index in [0.29, 0.717) is 0 Å². The fourth-order valence-corrected chi connectivity index (χ4v) is 0.897. The van der Waals surface area contributed by atoms with E-state index in [9.17, 15) is 0 Å². The van der Waals surface area contributed by atoms with Crippen molar-refractivity contribution in [3.63, 3.8) is 0 Å². The van der Waals surface area contributed by atoms with E-state index < -0.39 is 0 Å². The molecule has 0 N–H and O–H groups in total. The van der Waals surface area contributed by atoms with Crippen LogP contribution in [0.4, 0.5) is 0 Å². The fraction of sp³-hybridized carbons (Fsp3) is 0. The normalized spacial score (nSPS) is 9.00. The van der Waals surface area contributed by atoms with Crippen molar-refractivity contribution in [2.24, 2.45) is 0 Å². The van der Waals surface area contributed by atoms with Gasteiger partial charge >= 0.3 is 0 Å². The molecule has 1 radical (unpaired) electrons. The monoisotopic (exact) mass is 231 g/mol. The van der Waals surface area contributed by atoms with Gasteiger partial charge in [0.1, 0.15) is 0 Å². The van der Waals surface area contributed by atoms with E-state index >= 15 is 0 Å². The number of nitrogens with zero attached hydrogens (tertiary/aromatic N) is 2. The van der Waals surface area contributed by atoms with E-state index in [-0.39, 0.29) is 32.7 Å². The number of para-hydroxylation sites is 1. The summed E-state index contributed by atoms with van der Waals surface area (Å²) in [6.07, 6.45) is 6.32. The van der Waals surface area contributed by atoms with E-state index in [0.717, 1.165) is 5.69 Å². The zero-order valence-corrected chi connectivity index (χ0v) is 9.27. The number of hydrogen-bond acceptors (Lipinski definition) is 1. The minimum atomic E-state index is 0. The molecule has 0 fully saturated rings. The number of imidazole rings is 1. The molecule has 0 unspecified atom stereocenters. The summed E-state index contributed by atoms with van der Waals surface area (Å²) in [6.45, 7) is 0. The van der Waals surface area contributed by atoms with Crippen molar-refractivity contribution in [1.29, 1.82) is 0 Å². The zero-order valence-electron chi connectivity index (χ0n) is 6.44. The molecule has 12 heavy (non-hydrogen) atoms. The molecule has 0 atom stereocenters. The molecule has 3 heteroatoms. The van der Waals surface area contributed by atoms with Crippen molar-refractivity contribution < 1.29 is 32.7 Å². The predicted molar refractivity (Wildman–Crippen MR) is 41.2 cm³/mol. The Morgan fingerprint density at radius 1 is 1.33 bits per heavy atom. The SMILES string of the molecule is [Y].[c-]1ccccc1-n1[c-]ncc1. The van der Waals surface area contributed by atoms with Crippen LogP contribution in [-0.2, 0) is 32.7 Å². The van der Waals surface area contributed by atoms with Gasteiger partial charge in [0.15, 0.2) is 0 Å². The molecule has 0 aliphatic rings. The van der Waals surface area contributed by atoms with Crippen LogP contribution in [0.2, 0.25) is 0 Å². The van der Waals surface area contributed by atoms with Crippen molar-refractivity contribution in [3.05, 3.63) is 49.1 Å². The number of aromatic nitrogens is 2. The molecular weight excluding hydrogens is 225 g/mol. The van der Waals surface area contributed by atoms with E-state index in [1.54, 1.807) is 10.8 Å². The fourth-order valence-electron chi connectivity index (χ4n) is 0.897. The van der Waals surface area contributed by atoms with E-state index in [2.05, 4.69) is 17.4 Å². The summed E-state index contributed by atoms with van der Waals surface area (Å²) in [6, 6.07) is 10.8. The second-order valence-corrected chi connectivity index (χ2v) is 2.15. The van der Waals surface area contributed by atoms with Gasteiger partial charge in [0.25, 0.3) is 0 Å². The molecule has 0 bridgehead atoms. The van der Waals surface area contributed by atoms with Crippen LogP contribution in [0.25, 0.3) is 5.69 Å². The predicted octanol–water partition coefficient (Wildman–Crippen LogP) is 1.47. The molecule has 2 nitrogen and oxygen atoms in total. The van der Waals surface area contributed by atoms with E-state index in [4.69, 9.17) is 0 Å². The van der Waals surface area contributed by atoms with Crippen LogP contribution in [0.5, 0.6) is 0 Å². The van der Waals surface area contributed by atoms with Crippen LogP contribution in [0.15, 0.2) is 36.7 Å². The Hall–Kier alpha value is -0.466. The molecule has 2 aromatic rings. The van der Waals surface area contributed by atoms with E-state index in [1.165, 1.54) is 0 Å². The van der Waals surface area contributed by atoms with Gasteiger partial charge in [0.2, 0.25) is 0 Å². The first-order chi connectivity index (χ1) is 5.47. The molecule has 0 saturated heterocycles. The summed E-state index contributed by atoms with van der Waals surface area (Å²) in [4.78, 5) is 3.82. The Bertz CT molecular complexity index is 316. The maximum absolute atomic E-state index is 3.82. The van der Waals surface area contributed by atoms with Crippen LogP contribution in [0.1, 0.15) is 0 Å². The van der Waals surface area contributed by atoms with Gasteiger partial charge in [-0.2, -0.15) is 30.0 Å². The van der Waals surface area contributed by atoms with Crippen LogP contribution < -0.4 is 0 Å². The molecule has 0 aliphatic heterocycles. The first-order valence-corrected chi connectivity index (χ1v) is 3.35. The summed E-state index contributed by atoms with van der Waals surface area (Å²) < 4.78 is 1.79. The topological polar surface area (TPSA) is 17.8 Å². The van der Waals surface area contributed by atoms with Crippen molar-refractivity contribution in [2.75, 3.05) is 0 Å². The molecule has 1 aromatic heterocycles. The average molecular weight is 231 g/mol. The molecule has 2 rings (SSSR count). The molecule has 1 aromatic carbocycles. The Morgan fingerprint density at radius 2 is 2.25 bits per heavy atom. The van der Waals surface area contributed by atoms with Crippen LogP contribution in [-0.4, -0.2) is 9.55 Å². The third-order valence-electron chi connectivity index (χ3n) is 1.41. The third kappa shape index (κ3) is 2.02. The molecule has 57 valence electrons. The van der Waals surface area contributed by atoms with Crippen LogP contribution in [0.3, 0.4) is 0 Å². The van der Waals surface area contributed by atoms with Gasteiger partial charge in [-0.05, 0) is 0 Å². The largest absolute Gasteiger partial charge is 0.454 e. The van der Waals surface area contributed by atoms with Gasteiger partial charge in [0.05, 0.1) is 0 Å². The van der Waals surface area contributed by atoms with Crippen molar-refractivity contribution in [2.45, 2.75) is 0 Å². The van der Waals surface area contributed by atoms with Crippen molar-refractivity contribution in [3.8, 4) is 5.69 Å². The molecular formula is C9H6N2Y-2. The second kappa shape index (κ2) is 4.53. The van der Waals surface area contributed by atoms with Gasteiger partial charge in [-0.15, -0.1) is 0 Å². The Balaban J connectivity index is 0.000000720. The first kappa shape index (κ1) is 9.62. The first-order valence-electron chi connectivity index (χ1n) is 3.35. The minimum Gasteiger partial charge on any atom is -0.454 e.